The molecule has 0 aliphatic rings. The van der Waals surface area contributed by atoms with Gasteiger partial charge in [-0.3, -0.25) is 9.59 Å². The van der Waals surface area contributed by atoms with Gasteiger partial charge >= 0.3 is 6.09 Å². The Kier molecular flexibility index (Phi) is 10.7. The average Bonchev–Trinajstić information content (AvgIpc) is 2.82. The molecule has 2 rings (SSSR count). The molecule has 0 aliphatic heterocycles. The maximum Gasteiger partial charge on any atom is 0.408 e. The number of nitrogens with one attached hydrogen (secondary N) is 2. The Morgan fingerprint density at radius 3 is 2.32 bits per heavy atom. The van der Waals surface area contributed by atoms with Crippen LogP contribution in [0.2, 0.25) is 5.02 Å². The fourth-order valence-electron chi connectivity index (χ4n) is 3.73. The van der Waals surface area contributed by atoms with Gasteiger partial charge in [0.25, 0.3) is 5.91 Å². The molecule has 0 aliphatic carbocycles. The summed E-state index contributed by atoms with van der Waals surface area (Å²) in [6.07, 6.45) is -0.279. The first-order valence-electron chi connectivity index (χ1n) is 12.1. The number of halogens is 1. The largest absolute Gasteiger partial charge is 0.508 e. The molecule has 0 saturated heterocycles. The topological polar surface area (TPSA) is 108 Å². The Balaban J connectivity index is 2.56. The standard InChI is InChI=1S/C27H36ClN3O5S/c1-7-17(3)31(25(34)20(15-37)29-26(35)36-27(4,5)6)23(18-12-8-9-14-21(18)32)24(33)30-22-16(2)11-10-13-19(22)28/h8-14,17,20,23,32,37H,7,15H2,1-6H3,(H,29,35)(H,30,33). The van der Waals surface area contributed by atoms with E-state index in [4.69, 9.17) is 16.3 Å². The van der Waals surface area contributed by atoms with E-state index in [9.17, 15) is 19.5 Å². The lowest BCUT2D eigenvalue weighted by Gasteiger charge is -2.38. The summed E-state index contributed by atoms with van der Waals surface area (Å²) in [4.78, 5) is 41.6. The molecule has 3 N–H and O–H groups in total. The lowest BCUT2D eigenvalue weighted by Crippen LogP contribution is -2.55. The third kappa shape index (κ3) is 8.04. The molecule has 202 valence electrons. The van der Waals surface area contributed by atoms with Crippen LogP contribution in [0.4, 0.5) is 10.5 Å². The van der Waals surface area contributed by atoms with Crippen LogP contribution in [0.1, 0.15) is 58.2 Å². The number of hydrogen-bond donors (Lipinski definition) is 4. The van der Waals surface area contributed by atoms with Gasteiger partial charge in [0.2, 0.25) is 5.91 Å². The van der Waals surface area contributed by atoms with Crippen molar-refractivity contribution in [2.75, 3.05) is 11.1 Å². The van der Waals surface area contributed by atoms with E-state index in [1.807, 2.05) is 6.92 Å². The van der Waals surface area contributed by atoms with E-state index in [2.05, 4.69) is 23.3 Å². The number of anilines is 1. The van der Waals surface area contributed by atoms with Gasteiger partial charge in [-0.05, 0) is 58.7 Å². The number of aryl methyl sites for hydroxylation is 1. The van der Waals surface area contributed by atoms with Gasteiger partial charge in [-0.15, -0.1) is 0 Å². The van der Waals surface area contributed by atoms with E-state index >= 15 is 0 Å². The van der Waals surface area contributed by atoms with Crippen molar-refractivity contribution in [2.45, 2.75) is 71.7 Å². The lowest BCUT2D eigenvalue weighted by atomic mass is 9.99. The summed E-state index contributed by atoms with van der Waals surface area (Å²) in [5.41, 5.74) is 0.603. The summed E-state index contributed by atoms with van der Waals surface area (Å²) in [7, 11) is 0. The maximum absolute atomic E-state index is 13.9. The Morgan fingerprint density at radius 1 is 1.14 bits per heavy atom. The van der Waals surface area contributed by atoms with E-state index in [1.165, 1.54) is 11.0 Å². The van der Waals surface area contributed by atoms with Crippen LogP contribution in [-0.4, -0.2) is 51.4 Å². The van der Waals surface area contributed by atoms with Gasteiger partial charge in [0.1, 0.15) is 23.4 Å². The van der Waals surface area contributed by atoms with Gasteiger partial charge in [-0.25, -0.2) is 4.79 Å². The molecule has 0 fully saturated rings. The number of phenols is 1. The zero-order valence-electron chi connectivity index (χ0n) is 22.0. The molecule has 3 unspecified atom stereocenters. The van der Waals surface area contributed by atoms with Gasteiger partial charge in [-0.2, -0.15) is 12.6 Å². The van der Waals surface area contributed by atoms with Gasteiger partial charge < -0.3 is 25.4 Å². The summed E-state index contributed by atoms with van der Waals surface area (Å²) in [5.74, 6) is -1.30. The number of para-hydroxylation sites is 2. The van der Waals surface area contributed by atoms with Crippen molar-refractivity contribution in [3.8, 4) is 5.75 Å². The summed E-state index contributed by atoms with van der Waals surface area (Å²) in [6, 6.07) is 8.78. The van der Waals surface area contributed by atoms with Crippen LogP contribution < -0.4 is 10.6 Å². The van der Waals surface area contributed by atoms with Crippen molar-refractivity contribution in [1.82, 2.24) is 10.2 Å². The molecular weight excluding hydrogens is 514 g/mol. The molecule has 2 aromatic rings. The summed E-state index contributed by atoms with van der Waals surface area (Å²) in [5, 5.41) is 16.5. The quantitative estimate of drug-likeness (QED) is 0.310. The first-order chi connectivity index (χ1) is 17.3. The minimum Gasteiger partial charge on any atom is -0.508 e. The van der Waals surface area contributed by atoms with E-state index in [-0.39, 0.29) is 17.1 Å². The van der Waals surface area contributed by atoms with Crippen LogP contribution in [-0.2, 0) is 14.3 Å². The second-order valence-corrected chi connectivity index (χ2v) is 10.5. The maximum atomic E-state index is 13.9. The fraction of sp³-hybridized carbons (Fsp3) is 0.444. The number of benzene rings is 2. The second-order valence-electron chi connectivity index (χ2n) is 9.77. The van der Waals surface area contributed by atoms with Gasteiger partial charge in [0.15, 0.2) is 0 Å². The number of amides is 3. The summed E-state index contributed by atoms with van der Waals surface area (Å²) >= 11 is 10.6. The Hall–Kier alpha value is -2.91. The molecule has 3 atom stereocenters. The van der Waals surface area contributed by atoms with Crippen molar-refractivity contribution in [1.29, 1.82) is 0 Å². The zero-order valence-corrected chi connectivity index (χ0v) is 23.7. The first-order valence-corrected chi connectivity index (χ1v) is 13.1. The third-order valence-electron chi connectivity index (χ3n) is 5.72. The predicted molar refractivity (Wildman–Crippen MR) is 149 cm³/mol. The number of carbonyl (C=O) groups excluding carboxylic acids is 3. The Bertz CT molecular complexity index is 1100. The smallest absolute Gasteiger partial charge is 0.408 e. The first kappa shape index (κ1) is 30.3. The van der Waals surface area contributed by atoms with Crippen LogP contribution >= 0.6 is 24.2 Å². The number of ether oxygens (including phenoxy) is 1. The Labute approximate surface area is 229 Å². The summed E-state index contributed by atoms with van der Waals surface area (Å²) in [6.45, 7) is 10.6. The molecule has 0 aromatic heterocycles. The number of aromatic hydroxyl groups is 1. The number of nitrogens with zero attached hydrogens (tertiary/aromatic N) is 1. The average molecular weight is 550 g/mol. The highest BCUT2D eigenvalue weighted by Gasteiger charge is 2.39. The number of hydrogen-bond acceptors (Lipinski definition) is 6. The van der Waals surface area contributed by atoms with E-state index in [0.717, 1.165) is 5.56 Å². The van der Waals surface area contributed by atoms with Crippen molar-refractivity contribution in [3.63, 3.8) is 0 Å². The SMILES string of the molecule is CCC(C)N(C(=O)C(CS)NC(=O)OC(C)(C)C)C(C(=O)Nc1c(C)cccc1Cl)c1ccccc1O. The molecular formula is C27H36ClN3O5S. The van der Waals surface area contributed by atoms with Crippen molar-refractivity contribution in [2.24, 2.45) is 0 Å². The van der Waals surface area contributed by atoms with Gasteiger partial charge in [0.05, 0.1) is 10.7 Å². The number of phenolic OH excluding ortho intramolecular Hbond substituents is 1. The van der Waals surface area contributed by atoms with Crippen LogP contribution in [0.15, 0.2) is 42.5 Å². The van der Waals surface area contributed by atoms with Crippen LogP contribution in [0.3, 0.4) is 0 Å². The molecule has 0 spiro atoms. The van der Waals surface area contributed by atoms with Crippen molar-refractivity contribution < 1.29 is 24.2 Å². The highest BCUT2D eigenvalue weighted by Crippen LogP contribution is 2.34. The number of thiol groups is 1. The minimum atomic E-state index is -1.23. The molecule has 0 bridgehead atoms. The summed E-state index contributed by atoms with van der Waals surface area (Å²) < 4.78 is 5.32. The highest BCUT2D eigenvalue weighted by atomic mass is 35.5. The molecule has 0 saturated carbocycles. The van der Waals surface area contributed by atoms with E-state index in [1.54, 1.807) is 71.0 Å². The van der Waals surface area contributed by atoms with E-state index < -0.39 is 41.6 Å². The zero-order chi connectivity index (χ0) is 27.9. The lowest BCUT2D eigenvalue weighted by molar-refractivity contribution is -0.143. The number of carbonyl (C=O) groups is 3. The molecule has 8 nitrogen and oxygen atoms in total. The molecule has 37 heavy (non-hydrogen) atoms. The highest BCUT2D eigenvalue weighted by molar-refractivity contribution is 7.80. The van der Waals surface area contributed by atoms with Crippen molar-refractivity contribution in [3.05, 3.63) is 58.6 Å². The van der Waals surface area contributed by atoms with Crippen molar-refractivity contribution >= 4 is 47.8 Å². The molecule has 2 aromatic carbocycles. The van der Waals surface area contributed by atoms with Gasteiger partial charge in [-0.1, -0.05) is 48.9 Å². The fourth-order valence-corrected chi connectivity index (χ4v) is 4.25. The molecule has 10 heteroatoms. The van der Waals surface area contributed by atoms with Gasteiger partial charge in [0, 0.05) is 17.4 Å². The van der Waals surface area contributed by atoms with E-state index in [0.29, 0.717) is 17.1 Å². The minimum absolute atomic E-state index is 0.0380. The molecule has 0 radical (unpaired) electrons. The molecule has 3 amide bonds. The third-order valence-corrected chi connectivity index (χ3v) is 6.40. The van der Waals surface area contributed by atoms with Crippen LogP contribution in [0.25, 0.3) is 0 Å². The second kappa shape index (κ2) is 13.1. The normalized spacial score (nSPS) is 13.7. The Morgan fingerprint density at radius 2 is 1.78 bits per heavy atom. The number of rotatable bonds is 9. The molecule has 0 heterocycles. The van der Waals surface area contributed by atoms with Crippen LogP contribution in [0, 0.1) is 6.92 Å². The van der Waals surface area contributed by atoms with Crippen LogP contribution in [0.5, 0.6) is 5.75 Å². The number of alkyl carbamates (subject to hydrolysis) is 1. The predicted octanol–water partition coefficient (Wildman–Crippen LogP) is 5.48. The monoisotopic (exact) mass is 549 g/mol.